The first kappa shape index (κ1) is 28.8. The van der Waals surface area contributed by atoms with Gasteiger partial charge in [-0.1, -0.05) is 18.2 Å². The first-order valence-corrected chi connectivity index (χ1v) is 10.9. The van der Waals surface area contributed by atoms with Crippen LogP contribution in [0.25, 0.3) is 10.8 Å². The lowest BCUT2D eigenvalue weighted by Crippen LogP contribution is -2.40. The number of nitrogens with zero attached hydrogens (tertiary/aromatic N) is 3. The summed E-state index contributed by atoms with van der Waals surface area (Å²) < 4.78 is 100. The Kier molecular flexibility index (Phi) is 7.98. The zero-order valence-corrected chi connectivity index (χ0v) is 19.7. The van der Waals surface area contributed by atoms with Crippen molar-refractivity contribution in [2.75, 3.05) is 5.32 Å². The molecule has 0 aliphatic heterocycles. The Morgan fingerprint density at radius 2 is 1.74 bits per heavy atom. The van der Waals surface area contributed by atoms with Gasteiger partial charge in [-0.3, -0.25) is 4.79 Å². The number of hydrogen-bond acceptors (Lipinski definition) is 5. The number of benzene rings is 1. The van der Waals surface area contributed by atoms with Gasteiger partial charge in [0.2, 0.25) is 0 Å². The van der Waals surface area contributed by atoms with Gasteiger partial charge < -0.3 is 15.0 Å². The molecule has 7 nitrogen and oxygen atoms in total. The van der Waals surface area contributed by atoms with Crippen LogP contribution in [0.5, 0.6) is 0 Å². The van der Waals surface area contributed by atoms with Crippen LogP contribution >= 0.6 is 0 Å². The van der Waals surface area contributed by atoms with Crippen molar-refractivity contribution >= 4 is 22.6 Å². The number of carbonyl (C=O) groups is 1. The van der Waals surface area contributed by atoms with Crippen LogP contribution in [0.15, 0.2) is 35.3 Å². The van der Waals surface area contributed by atoms with E-state index in [2.05, 4.69) is 15.5 Å². The van der Waals surface area contributed by atoms with Crippen LogP contribution in [0.2, 0.25) is 0 Å². The van der Waals surface area contributed by atoms with Crippen LogP contribution < -0.4 is 10.9 Å². The van der Waals surface area contributed by atoms with E-state index >= 15 is 0 Å². The summed E-state index contributed by atoms with van der Waals surface area (Å²) in [4.78, 5) is 21.4. The molecule has 1 aromatic carbocycles. The molecule has 1 atom stereocenters. The molecule has 0 spiro atoms. The van der Waals surface area contributed by atoms with Gasteiger partial charge in [0.05, 0.1) is 17.3 Å². The second-order valence-corrected chi connectivity index (χ2v) is 8.62. The van der Waals surface area contributed by atoms with Crippen LogP contribution in [0.1, 0.15) is 55.1 Å². The zero-order valence-electron chi connectivity index (χ0n) is 19.7. The fourth-order valence-corrected chi connectivity index (χ4v) is 3.84. The lowest BCUT2D eigenvalue weighted by atomic mass is 9.88. The number of halogens is 8. The second-order valence-electron chi connectivity index (χ2n) is 8.62. The van der Waals surface area contributed by atoms with E-state index in [0.717, 1.165) is 6.07 Å². The van der Waals surface area contributed by atoms with E-state index in [9.17, 15) is 39.9 Å². The second kappa shape index (κ2) is 10.5. The van der Waals surface area contributed by atoms with Crippen molar-refractivity contribution in [3.63, 3.8) is 0 Å². The van der Waals surface area contributed by atoms with Crippen molar-refractivity contribution in [2.45, 2.75) is 57.3 Å². The normalized spacial score (nSPS) is 16.0. The first-order valence-electron chi connectivity index (χ1n) is 10.9. The number of alkyl halides is 7. The van der Waals surface area contributed by atoms with E-state index in [1.807, 2.05) is 0 Å². The van der Waals surface area contributed by atoms with Gasteiger partial charge in [0, 0.05) is 47.5 Å². The highest BCUT2D eigenvalue weighted by molar-refractivity contribution is 5.92. The molecule has 206 valence electrons. The quantitative estimate of drug-likeness (QED) is 0.380. The summed E-state index contributed by atoms with van der Waals surface area (Å²) in [7, 11) is 0. The molecular weight excluding hydrogens is 532 g/mol. The molecule has 1 fully saturated rings. The van der Waals surface area contributed by atoms with Gasteiger partial charge in [-0.25, -0.2) is 26.7 Å². The number of aromatic nitrogens is 3. The monoisotopic (exact) mass is 552 g/mol. The van der Waals surface area contributed by atoms with E-state index in [0.29, 0.717) is 16.5 Å². The van der Waals surface area contributed by atoms with Gasteiger partial charge >= 0.3 is 12.1 Å². The number of aryl methyl sites for hydroxylation is 1. The molecular formula is C23H20F8N4O3. The van der Waals surface area contributed by atoms with Crippen LogP contribution in [0, 0.1) is 12.7 Å². The number of pyridine rings is 1. The predicted octanol–water partition coefficient (Wildman–Crippen LogP) is 5.95. The van der Waals surface area contributed by atoms with Gasteiger partial charge in [0.1, 0.15) is 5.82 Å². The SMILES string of the molecule is Cc1nnc(N[C@H](C)c2cccc(C(F)F)c2F)c2cn(C3CC(F)(F)C3)c(=O)cc12.O=C(O)C(F)(F)F. The average molecular weight is 552 g/mol. The molecule has 1 aliphatic rings. The van der Waals surface area contributed by atoms with E-state index in [-0.39, 0.29) is 11.4 Å². The smallest absolute Gasteiger partial charge is 0.475 e. The first-order chi connectivity index (χ1) is 17.5. The fourth-order valence-electron chi connectivity index (χ4n) is 3.84. The van der Waals surface area contributed by atoms with Crippen molar-refractivity contribution in [3.05, 3.63) is 63.5 Å². The summed E-state index contributed by atoms with van der Waals surface area (Å²) in [6, 6.07) is 3.66. The van der Waals surface area contributed by atoms with Crippen molar-refractivity contribution in [2.24, 2.45) is 0 Å². The summed E-state index contributed by atoms with van der Waals surface area (Å²) in [6.45, 7) is 3.22. The third-order valence-electron chi connectivity index (χ3n) is 5.84. The summed E-state index contributed by atoms with van der Waals surface area (Å²) >= 11 is 0. The molecule has 1 aliphatic carbocycles. The Balaban J connectivity index is 0.000000505. The van der Waals surface area contributed by atoms with Crippen molar-refractivity contribution in [3.8, 4) is 0 Å². The summed E-state index contributed by atoms with van der Waals surface area (Å²) in [6.07, 6.45) is -7.45. The summed E-state index contributed by atoms with van der Waals surface area (Å²) in [5.74, 6) is -6.38. The third-order valence-corrected chi connectivity index (χ3v) is 5.84. The standard InChI is InChI=1S/C21H19F5N4O.C2HF3O2/c1-10(13-4-3-5-14(18(13)22)19(23)24)27-20-16-9-30(12-7-21(25,26)8-12)17(31)6-15(16)11(2)28-29-20;3-2(4,5)1(6)7/h3-6,9-10,12,19H,7-8H2,1-2H3,(H,27,29);(H,6,7)/t10-;/m1./s1. The van der Waals surface area contributed by atoms with Gasteiger partial charge in [-0.05, 0) is 13.8 Å². The molecule has 2 aromatic heterocycles. The molecule has 38 heavy (non-hydrogen) atoms. The molecule has 15 heteroatoms. The van der Waals surface area contributed by atoms with Gasteiger partial charge in [0.15, 0.2) is 5.82 Å². The van der Waals surface area contributed by atoms with Crippen molar-refractivity contribution in [1.29, 1.82) is 0 Å². The number of hydrogen-bond donors (Lipinski definition) is 2. The van der Waals surface area contributed by atoms with E-state index < -0.39 is 66.4 Å². The minimum Gasteiger partial charge on any atom is -0.475 e. The van der Waals surface area contributed by atoms with Crippen molar-refractivity contribution < 1.29 is 45.0 Å². The van der Waals surface area contributed by atoms with Crippen LogP contribution in [-0.4, -0.2) is 37.9 Å². The largest absolute Gasteiger partial charge is 0.490 e. The molecule has 0 amide bonds. The van der Waals surface area contributed by atoms with Gasteiger partial charge in [0.25, 0.3) is 17.9 Å². The number of nitrogens with one attached hydrogen (secondary N) is 1. The minimum atomic E-state index is -5.08. The number of rotatable bonds is 5. The Hall–Kier alpha value is -3.78. The maximum absolute atomic E-state index is 14.5. The van der Waals surface area contributed by atoms with E-state index in [1.165, 1.54) is 29.0 Å². The molecule has 0 unspecified atom stereocenters. The maximum Gasteiger partial charge on any atom is 0.490 e. The molecule has 3 aromatic rings. The van der Waals surface area contributed by atoms with Crippen molar-refractivity contribution in [1.82, 2.24) is 14.8 Å². The molecule has 4 rings (SSSR count). The summed E-state index contributed by atoms with van der Waals surface area (Å²) in [5, 5.41) is 19.1. The molecule has 0 bridgehead atoms. The highest BCUT2D eigenvalue weighted by atomic mass is 19.4. The van der Waals surface area contributed by atoms with E-state index in [1.54, 1.807) is 13.8 Å². The molecule has 2 heterocycles. The zero-order chi connectivity index (χ0) is 28.6. The highest BCUT2D eigenvalue weighted by Crippen LogP contribution is 2.45. The van der Waals surface area contributed by atoms with Gasteiger partial charge in [-0.15, -0.1) is 5.10 Å². The Bertz CT molecular complexity index is 1400. The number of fused-ring (bicyclic) bond motifs is 1. The Morgan fingerprint density at radius 1 is 1.16 bits per heavy atom. The number of aliphatic carboxylic acids is 1. The Labute approximate surface area is 209 Å². The van der Waals surface area contributed by atoms with Crippen LogP contribution in [0.4, 0.5) is 40.9 Å². The minimum absolute atomic E-state index is 0.0141. The number of anilines is 1. The number of carboxylic acid groups (broad SMARTS) is 1. The topological polar surface area (TPSA) is 97.1 Å². The fraction of sp³-hybridized carbons (Fsp3) is 0.391. The predicted molar refractivity (Wildman–Crippen MR) is 119 cm³/mol. The molecule has 2 N–H and O–H groups in total. The van der Waals surface area contributed by atoms with Crippen LogP contribution in [0.3, 0.4) is 0 Å². The molecule has 0 radical (unpaired) electrons. The lowest BCUT2D eigenvalue weighted by molar-refractivity contribution is -0.192. The lowest BCUT2D eigenvalue weighted by Gasteiger charge is -2.36. The molecule has 1 saturated carbocycles. The highest BCUT2D eigenvalue weighted by Gasteiger charge is 2.46. The van der Waals surface area contributed by atoms with Gasteiger partial charge in [-0.2, -0.15) is 18.3 Å². The number of carboxylic acids is 1. The van der Waals surface area contributed by atoms with E-state index in [4.69, 9.17) is 9.90 Å². The maximum atomic E-state index is 14.5. The Morgan fingerprint density at radius 3 is 2.26 bits per heavy atom. The average Bonchev–Trinajstić information content (AvgIpc) is 2.79. The molecule has 0 saturated heterocycles. The third kappa shape index (κ3) is 6.19. The summed E-state index contributed by atoms with van der Waals surface area (Å²) in [5.41, 5.74) is -0.660. The van der Waals surface area contributed by atoms with Crippen LogP contribution in [-0.2, 0) is 4.79 Å².